The predicted octanol–water partition coefficient (Wildman–Crippen LogP) is 0.821. The van der Waals surface area contributed by atoms with E-state index >= 15 is 0 Å². The van der Waals surface area contributed by atoms with Gasteiger partial charge in [0.25, 0.3) is 0 Å². The Bertz CT molecular complexity index is 285. The van der Waals surface area contributed by atoms with Gasteiger partial charge in [0.05, 0.1) is 6.54 Å². The molecule has 0 spiro atoms. The molecule has 0 saturated carbocycles. The molecule has 0 bridgehead atoms. The molecule has 1 amide bonds. The minimum atomic E-state index is 0.0416. The first-order valence-corrected chi connectivity index (χ1v) is 5.15. The molecule has 0 aromatic carbocycles. The number of nitrogens with one attached hydrogen (secondary N) is 1. The molecule has 72 valence electrons. The van der Waals surface area contributed by atoms with Gasteiger partial charge in [0.1, 0.15) is 5.82 Å². The highest BCUT2D eigenvalue weighted by molar-refractivity contribution is 9.09. The third-order valence-electron chi connectivity index (χ3n) is 1.69. The zero-order valence-electron chi connectivity index (χ0n) is 7.46. The summed E-state index contributed by atoms with van der Waals surface area (Å²) in [6.45, 7) is 0.495. The van der Waals surface area contributed by atoms with Gasteiger partial charge in [-0.3, -0.25) is 4.79 Å². The third-order valence-corrected chi connectivity index (χ3v) is 2.08. The second-order valence-electron chi connectivity index (χ2n) is 2.67. The average Bonchev–Trinajstić information content (AvgIpc) is 2.48. The molecule has 0 radical (unpaired) electrons. The van der Waals surface area contributed by atoms with Crippen LogP contribution in [0.5, 0.6) is 0 Å². The van der Waals surface area contributed by atoms with Crippen LogP contribution >= 0.6 is 15.9 Å². The second-order valence-corrected chi connectivity index (χ2v) is 3.46. The van der Waals surface area contributed by atoms with Gasteiger partial charge in [0, 0.05) is 31.2 Å². The second kappa shape index (κ2) is 5.01. The number of nitrogens with zero attached hydrogens (tertiary/aromatic N) is 2. The lowest BCUT2D eigenvalue weighted by molar-refractivity contribution is -0.120. The van der Waals surface area contributed by atoms with Crippen LogP contribution in [-0.2, 0) is 18.4 Å². The summed E-state index contributed by atoms with van der Waals surface area (Å²) in [6.07, 6.45) is 4.07. The molecule has 0 unspecified atom stereocenters. The van der Waals surface area contributed by atoms with Crippen molar-refractivity contribution in [3.05, 3.63) is 18.2 Å². The zero-order valence-corrected chi connectivity index (χ0v) is 9.04. The molecule has 1 aromatic heterocycles. The van der Waals surface area contributed by atoms with E-state index in [9.17, 15) is 4.79 Å². The number of alkyl halides is 1. The van der Waals surface area contributed by atoms with Crippen molar-refractivity contribution < 1.29 is 4.79 Å². The highest BCUT2D eigenvalue weighted by atomic mass is 79.9. The standard InChI is InChI=1S/C8H12BrN3O/c1-12-5-4-10-7(12)6-11-8(13)2-3-9/h4-5H,2-3,6H2,1H3,(H,11,13). The number of carbonyl (C=O) groups is 1. The monoisotopic (exact) mass is 245 g/mol. The lowest BCUT2D eigenvalue weighted by atomic mass is 10.4. The maximum Gasteiger partial charge on any atom is 0.221 e. The topological polar surface area (TPSA) is 46.9 Å². The summed E-state index contributed by atoms with van der Waals surface area (Å²) in [4.78, 5) is 15.2. The van der Waals surface area contributed by atoms with Crippen LogP contribution in [0.1, 0.15) is 12.2 Å². The van der Waals surface area contributed by atoms with Gasteiger partial charge < -0.3 is 9.88 Å². The molecule has 0 saturated heterocycles. The van der Waals surface area contributed by atoms with Crippen LogP contribution in [0.25, 0.3) is 0 Å². The Hall–Kier alpha value is -0.840. The van der Waals surface area contributed by atoms with Crippen LogP contribution in [0.3, 0.4) is 0 Å². The molecule has 4 nitrogen and oxygen atoms in total. The molecule has 13 heavy (non-hydrogen) atoms. The van der Waals surface area contributed by atoms with Gasteiger partial charge in [0.2, 0.25) is 5.91 Å². The highest BCUT2D eigenvalue weighted by Gasteiger charge is 2.02. The Morgan fingerprint density at radius 1 is 1.77 bits per heavy atom. The molecule has 0 aliphatic carbocycles. The van der Waals surface area contributed by atoms with E-state index in [1.165, 1.54) is 0 Å². The van der Waals surface area contributed by atoms with E-state index < -0.39 is 0 Å². The van der Waals surface area contributed by atoms with Crippen molar-refractivity contribution in [2.24, 2.45) is 7.05 Å². The molecule has 1 aromatic rings. The van der Waals surface area contributed by atoms with Gasteiger partial charge in [-0.2, -0.15) is 0 Å². The number of aryl methyl sites for hydroxylation is 1. The Labute approximate surface area is 85.5 Å². The van der Waals surface area contributed by atoms with Crippen LogP contribution in [0.15, 0.2) is 12.4 Å². The number of aromatic nitrogens is 2. The van der Waals surface area contributed by atoms with Gasteiger partial charge in [0.15, 0.2) is 0 Å². The molecule has 0 aliphatic heterocycles. The first-order chi connectivity index (χ1) is 6.24. The van der Waals surface area contributed by atoms with Gasteiger partial charge in [-0.05, 0) is 0 Å². The molecule has 5 heteroatoms. The molecular formula is C8H12BrN3O. The van der Waals surface area contributed by atoms with Crippen LogP contribution < -0.4 is 5.32 Å². The normalized spacial score (nSPS) is 10.0. The van der Waals surface area contributed by atoms with E-state index in [1.54, 1.807) is 6.20 Å². The Morgan fingerprint density at radius 2 is 2.54 bits per heavy atom. The van der Waals surface area contributed by atoms with Gasteiger partial charge in [-0.1, -0.05) is 15.9 Å². The third kappa shape index (κ3) is 3.18. The number of carbonyl (C=O) groups excluding carboxylic acids is 1. The largest absolute Gasteiger partial charge is 0.349 e. The summed E-state index contributed by atoms with van der Waals surface area (Å²) in [6, 6.07) is 0. The maximum absolute atomic E-state index is 11.1. The maximum atomic E-state index is 11.1. The number of imidazole rings is 1. The fourth-order valence-electron chi connectivity index (χ4n) is 0.919. The van der Waals surface area contributed by atoms with Crippen LogP contribution in [0, 0.1) is 0 Å². The highest BCUT2D eigenvalue weighted by Crippen LogP contribution is 1.94. The summed E-state index contributed by atoms with van der Waals surface area (Å²) in [5, 5.41) is 3.47. The summed E-state index contributed by atoms with van der Waals surface area (Å²) >= 11 is 3.20. The van der Waals surface area contributed by atoms with Crippen molar-refractivity contribution in [3.8, 4) is 0 Å². The Morgan fingerprint density at radius 3 is 3.08 bits per heavy atom. The number of rotatable bonds is 4. The fourth-order valence-corrected chi connectivity index (χ4v) is 1.28. The summed E-state index contributed by atoms with van der Waals surface area (Å²) in [5.74, 6) is 0.905. The van der Waals surface area contributed by atoms with E-state index in [1.807, 2.05) is 17.8 Å². The zero-order chi connectivity index (χ0) is 9.68. The van der Waals surface area contributed by atoms with Crippen LogP contribution in [0.4, 0.5) is 0 Å². The van der Waals surface area contributed by atoms with Crippen molar-refractivity contribution in [2.75, 3.05) is 5.33 Å². The SMILES string of the molecule is Cn1ccnc1CNC(=O)CCBr. The Kier molecular flexibility index (Phi) is 3.95. The molecule has 0 atom stereocenters. The van der Waals surface area contributed by atoms with Crippen molar-refractivity contribution in [2.45, 2.75) is 13.0 Å². The molecule has 0 fully saturated rings. The van der Waals surface area contributed by atoms with Crippen molar-refractivity contribution in [1.29, 1.82) is 0 Å². The average molecular weight is 246 g/mol. The van der Waals surface area contributed by atoms with Crippen molar-refractivity contribution >= 4 is 21.8 Å². The quantitative estimate of drug-likeness (QED) is 0.799. The minimum absolute atomic E-state index is 0.0416. The lowest BCUT2D eigenvalue weighted by Crippen LogP contribution is -2.24. The van der Waals surface area contributed by atoms with E-state index in [0.29, 0.717) is 18.3 Å². The van der Waals surface area contributed by atoms with E-state index in [2.05, 4.69) is 26.2 Å². The van der Waals surface area contributed by atoms with Crippen molar-refractivity contribution in [1.82, 2.24) is 14.9 Å². The first kappa shape index (κ1) is 10.2. The first-order valence-electron chi connectivity index (χ1n) is 4.03. The minimum Gasteiger partial charge on any atom is -0.349 e. The molecule has 1 rings (SSSR count). The summed E-state index contributed by atoms with van der Waals surface area (Å²) < 4.78 is 1.88. The molecule has 0 aliphatic rings. The van der Waals surface area contributed by atoms with Gasteiger partial charge in [-0.25, -0.2) is 4.98 Å². The summed E-state index contributed by atoms with van der Waals surface area (Å²) in [7, 11) is 1.90. The lowest BCUT2D eigenvalue weighted by Gasteiger charge is -2.03. The number of hydrogen-bond donors (Lipinski definition) is 1. The van der Waals surface area contributed by atoms with Crippen LogP contribution in [0.2, 0.25) is 0 Å². The van der Waals surface area contributed by atoms with E-state index in [4.69, 9.17) is 0 Å². The Balaban J connectivity index is 2.35. The summed E-state index contributed by atoms with van der Waals surface area (Å²) in [5.41, 5.74) is 0. The molecule has 1 N–H and O–H groups in total. The fraction of sp³-hybridized carbons (Fsp3) is 0.500. The predicted molar refractivity (Wildman–Crippen MR) is 53.5 cm³/mol. The van der Waals surface area contributed by atoms with Crippen LogP contribution in [-0.4, -0.2) is 20.8 Å². The smallest absolute Gasteiger partial charge is 0.221 e. The van der Waals surface area contributed by atoms with E-state index in [0.717, 1.165) is 5.82 Å². The molecular weight excluding hydrogens is 234 g/mol. The number of amides is 1. The molecule has 1 heterocycles. The van der Waals surface area contributed by atoms with Gasteiger partial charge >= 0.3 is 0 Å². The number of hydrogen-bond acceptors (Lipinski definition) is 2. The van der Waals surface area contributed by atoms with E-state index in [-0.39, 0.29) is 5.91 Å². The van der Waals surface area contributed by atoms with Gasteiger partial charge in [-0.15, -0.1) is 0 Å². The number of halogens is 1. The van der Waals surface area contributed by atoms with Crippen molar-refractivity contribution in [3.63, 3.8) is 0 Å².